The van der Waals surface area contributed by atoms with Crippen LogP contribution in [0, 0.1) is 6.92 Å². The van der Waals surface area contributed by atoms with Gasteiger partial charge in [0.25, 0.3) is 0 Å². The van der Waals surface area contributed by atoms with Gasteiger partial charge in [0.05, 0.1) is 5.69 Å². The molecule has 1 aliphatic rings. The summed E-state index contributed by atoms with van der Waals surface area (Å²) in [5.74, 6) is 1.05. The molecule has 3 aromatic rings. The van der Waals surface area contributed by atoms with Crippen molar-refractivity contribution in [2.45, 2.75) is 38.0 Å². The predicted octanol–water partition coefficient (Wildman–Crippen LogP) is 2.27. The Kier molecular flexibility index (Phi) is 4.03. The number of nitrogens with two attached hydrogens (primary N) is 1. The SMILES string of the molecule is Cc1cc(-n2nc(CCc3ccccc3)nc2C2(C(N)=O)CC2)ccn1. The largest absolute Gasteiger partial charge is 0.369 e. The molecule has 4 rings (SSSR count). The first-order valence-corrected chi connectivity index (χ1v) is 8.82. The van der Waals surface area contributed by atoms with Crippen LogP contribution in [-0.2, 0) is 23.1 Å². The van der Waals surface area contributed by atoms with E-state index in [1.165, 1.54) is 5.56 Å². The third-order valence-electron chi connectivity index (χ3n) is 4.91. The molecule has 2 aromatic heterocycles. The van der Waals surface area contributed by atoms with Crippen LogP contribution in [0.25, 0.3) is 5.69 Å². The molecule has 0 spiro atoms. The van der Waals surface area contributed by atoms with Crippen molar-refractivity contribution in [1.29, 1.82) is 0 Å². The molecule has 0 saturated heterocycles. The summed E-state index contributed by atoms with van der Waals surface area (Å²) >= 11 is 0. The molecule has 1 saturated carbocycles. The number of carbonyl (C=O) groups is 1. The van der Waals surface area contributed by atoms with Crippen molar-refractivity contribution in [3.05, 3.63) is 71.6 Å². The summed E-state index contributed by atoms with van der Waals surface area (Å²) in [6, 6.07) is 14.1. The Morgan fingerprint density at radius 1 is 1.19 bits per heavy atom. The van der Waals surface area contributed by atoms with E-state index in [-0.39, 0.29) is 5.91 Å². The number of nitrogens with zero attached hydrogens (tertiary/aromatic N) is 4. The normalized spacial score (nSPS) is 15.0. The van der Waals surface area contributed by atoms with Gasteiger partial charge in [-0.15, -0.1) is 0 Å². The van der Waals surface area contributed by atoms with Gasteiger partial charge < -0.3 is 5.73 Å². The van der Waals surface area contributed by atoms with Gasteiger partial charge in [0.15, 0.2) is 5.82 Å². The molecule has 1 fully saturated rings. The van der Waals surface area contributed by atoms with Gasteiger partial charge in [-0.3, -0.25) is 9.78 Å². The minimum absolute atomic E-state index is 0.327. The molecule has 26 heavy (non-hydrogen) atoms. The van der Waals surface area contributed by atoms with Crippen LogP contribution in [-0.4, -0.2) is 25.7 Å². The van der Waals surface area contributed by atoms with Gasteiger partial charge >= 0.3 is 0 Å². The van der Waals surface area contributed by atoms with E-state index in [1.54, 1.807) is 10.9 Å². The van der Waals surface area contributed by atoms with Gasteiger partial charge in [0.2, 0.25) is 5.91 Å². The molecular weight excluding hydrogens is 326 g/mol. The van der Waals surface area contributed by atoms with E-state index in [0.717, 1.165) is 36.5 Å². The summed E-state index contributed by atoms with van der Waals surface area (Å²) in [6.45, 7) is 1.93. The number of aryl methyl sites for hydroxylation is 3. The Balaban J connectivity index is 1.70. The second-order valence-electron chi connectivity index (χ2n) is 6.85. The topological polar surface area (TPSA) is 86.7 Å². The standard InChI is InChI=1S/C20H21N5O/c1-14-13-16(9-12-22-14)25-19(20(10-11-20)18(21)26)23-17(24-25)8-7-15-5-3-2-4-6-15/h2-6,9,12-13H,7-8,10-11H2,1H3,(H2,21,26). The van der Waals surface area contributed by atoms with E-state index in [4.69, 9.17) is 15.8 Å². The quantitative estimate of drug-likeness (QED) is 0.741. The van der Waals surface area contributed by atoms with E-state index in [2.05, 4.69) is 17.1 Å². The number of aromatic nitrogens is 4. The van der Waals surface area contributed by atoms with E-state index < -0.39 is 5.41 Å². The average molecular weight is 347 g/mol. The molecule has 0 unspecified atom stereocenters. The van der Waals surface area contributed by atoms with Crippen molar-refractivity contribution in [2.24, 2.45) is 5.73 Å². The number of amides is 1. The zero-order valence-corrected chi connectivity index (χ0v) is 14.7. The molecule has 1 amide bonds. The molecule has 0 radical (unpaired) electrons. The molecule has 2 heterocycles. The maximum atomic E-state index is 12.1. The monoisotopic (exact) mass is 347 g/mol. The van der Waals surface area contributed by atoms with Gasteiger partial charge in [0, 0.05) is 18.3 Å². The molecule has 0 bridgehead atoms. The van der Waals surface area contributed by atoms with Gasteiger partial charge in [-0.25, -0.2) is 9.67 Å². The van der Waals surface area contributed by atoms with E-state index in [1.807, 2.05) is 37.3 Å². The minimum Gasteiger partial charge on any atom is -0.369 e. The highest BCUT2D eigenvalue weighted by molar-refractivity contribution is 5.89. The fraction of sp³-hybridized carbons (Fsp3) is 0.300. The van der Waals surface area contributed by atoms with Crippen LogP contribution in [0.5, 0.6) is 0 Å². The fourth-order valence-electron chi connectivity index (χ4n) is 3.22. The molecule has 2 N–H and O–H groups in total. The lowest BCUT2D eigenvalue weighted by molar-refractivity contribution is -0.120. The summed E-state index contributed by atoms with van der Waals surface area (Å²) in [7, 11) is 0. The highest BCUT2D eigenvalue weighted by atomic mass is 16.1. The van der Waals surface area contributed by atoms with Crippen LogP contribution in [0.2, 0.25) is 0 Å². The van der Waals surface area contributed by atoms with Crippen molar-refractivity contribution in [1.82, 2.24) is 19.7 Å². The second-order valence-corrected chi connectivity index (χ2v) is 6.85. The Hall–Kier alpha value is -3.02. The average Bonchev–Trinajstić information content (AvgIpc) is 3.35. The summed E-state index contributed by atoms with van der Waals surface area (Å²) in [4.78, 5) is 21.0. The minimum atomic E-state index is -0.685. The maximum absolute atomic E-state index is 12.1. The summed E-state index contributed by atoms with van der Waals surface area (Å²) in [6.07, 6.45) is 4.75. The van der Waals surface area contributed by atoms with Crippen LogP contribution in [0.1, 0.15) is 35.7 Å². The Bertz CT molecular complexity index is 944. The van der Waals surface area contributed by atoms with Crippen molar-refractivity contribution in [2.75, 3.05) is 0 Å². The number of hydrogen-bond acceptors (Lipinski definition) is 4. The van der Waals surface area contributed by atoms with Crippen molar-refractivity contribution in [3.8, 4) is 5.69 Å². The second kappa shape index (κ2) is 6.37. The van der Waals surface area contributed by atoms with Gasteiger partial charge in [-0.1, -0.05) is 30.3 Å². The van der Waals surface area contributed by atoms with Crippen LogP contribution < -0.4 is 5.73 Å². The molecular formula is C20H21N5O. The summed E-state index contributed by atoms with van der Waals surface area (Å²) < 4.78 is 1.77. The smallest absolute Gasteiger partial charge is 0.231 e. The third-order valence-corrected chi connectivity index (χ3v) is 4.91. The summed E-state index contributed by atoms with van der Waals surface area (Å²) in [5, 5.41) is 4.70. The van der Waals surface area contributed by atoms with Crippen LogP contribution in [0.3, 0.4) is 0 Å². The highest BCUT2D eigenvalue weighted by Crippen LogP contribution is 2.47. The molecule has 6 nitrogen and oxygen atoms in total. The first-order valence-electron chi connectivity index (χ1n) is 8.82. The molecule has 0 atom stereocenters. The number of carbonyl (C=O) groups excluding carboxylic acids is 1. The fourth-order valence-corrected chi connectivity index (χ4v) is 3.22. The highest BCUT2D eigenvalue weighted by Gasteiger charge is 2.54. The lowest BCUT2D eigenvalue weighted by atomic mass is 10.1. The maximum Gasteiger partial charge on any atom is 0.231 e. The Labute approximate surface area is 152 Å². The van der Waals surface area contributed by atoms with Gasteiger partial charge in [-0.2, -0.15) is 5.10 Å². The number of pyridine rings is 1. The Morgan fingerprint density at radius 2 is 1.96 bits per heavy atom. The molecule has 0 aliphatic heterocycles. The van der Waals surface area contributed by atoms with Crippen LogP contribution in [0.4, 0.5) is 0 Å². The molecule has 6 heteroatoms. The van der Waals surface area contributed by atoms with E-state index in [9.17, 15) is 4.79 Å². The van der Waals surface area contributed by atoms with Crippen molar-refractivity contribution in [3.63, 3.8) is 0 Å². The van der Waals surface area contributed by atoms with Crippen LogP contribution >= 0.6 is 0 Å². The van der Waals surface area contributed by atoms with Crippen molar-refractivity contribution < 1.29 is 4.79 Å². The zero-order chi connectivity index (χ0) is 18.1. The first kappa shape index (κ1) is 16.4. The number of benzene rings is 1. The van der Waals surface area contributed by atoms with Gasteiger partial charge in [-0.05, 0) is 43.9 Å². The van der Waals surface area contributed by atoms with Crippen molar-refractivity contribution >= 4 is 5.91 Å². The molecule has 132 valence electrons. The number of hydrogen-bond donors (Lipinski definition) is 1. The number of rotatable bonds is 6. The Morgan fingerprint density at radius 3 is 2.62 bits per heavy atom. The number of primary amides is 1. The molecule has 1 aromatic carbocycles. The lowest BCUT2D eigenvalue weighted by Crippen LogP contribution is -2.31. The summed E-state index contributed by atoms with van der Waals surface area (Å²) in [5.41, 5.74) is 7.98. The third kappa shape index (κ3) is 2.98. The predicted molar refractivity (Wildman–Crippen MR) is 97.8 cm³/mol. The first-order chi connectivity index (χ1) is 12.6. The van der Waals surface area contributed by atoms with Gasteiger partial charge in [0.1, 0.15) is 11.2 Å². The zero-order valence-electron chi connectivity index (χ0n) is 14.7. The lowest BCUT2D eigenvalue weighted by Gasteiger charge is -2.12. The van der Waals surface area contributed by atoms with E-state index >= 15 is 0 Å². The van der Waals surface area contributed by atoms with E-state index in [0.29, 0.717) is 12.2 Å². The molecule has 1 aliphatic carbocycles. The van der Waals surface area contributed by atoms with Crippen LogP contribution in [0.15, 0.2) is 48.7 Å².